The van der Waals surface area contributed by atoms with Gasteiger partial charge in [-0.05, 0) is 31.4 Å². The molecule has 1 fully saturated rings. The number of ether oxygens (including phenoxy) is 1. The summed E-state index contributed by atoms with van der Waals surface area (Å²) in [6.07, 6.45) is 1.87. The fourth-order valence-electron chi connectivity index (χ4n) is 2.88. The number of rotatable bonds is 8. The minimum Gasteiger partial charge on any atom is -0.492 e. The molecule has 1 amide bonds. The topological polar surface area (TPSA) is 66.9 Å². The van der Waals surface area contributed by atoms with Gasteiger partial charge in [-0.15, -0.1) is 0 Å². The molecule has 0 spiro atoms. The molecule has 24 heavy (non-hydrogen) atoms. The van der Waals surface area contributed by atoms with Gasteiger partial charge in [-0.3, -0.25) is 4.79 Å². The van der Waals surface area contributed by atoms with Crippen LogP contribution in [0.25, 0.3) is 0 Å². The van der Waals surface area contributed by atoms with Crippen molar-refractivity contribution in [3.8, 4) is 5.75 Å². The van der Waals surface area contributed by atoms with Crippen molar-refractivity contribution in [1.29, 1.82) is 0 Å². The highest BCUT2D eigenvalue weighted by molar-refractivity contribution is 7.89. The van der Waals surface area contributed by atoms with E-state index in [1.54, 1.807) is 11.9 Å². The van der Waals surface area contributed by atoms with Gasteiger partial charge < -0.3 is 9.64 Å². The lowest BCUT2D eigenvalue weighted by Crippen LogP contribution is -2.47. The van der Waals surface area contributed by atoms with E-state index in [-0.39, 0.29) is 11.7 Å². The first-order valence-electron chi connectivity index (χ1n) is 8.38. The van der Waals surface area contributed by atoms with Gasteiger partial charge in [0.25, 0.3) is 0 Å². The van der Waals surface area contributed by atoms with Crippen LogP contribution in [0.15, 0.2) is 30.3 Å². The number of para-hydroxylation sites is 1. The van der Waals surface area contributed by atoms with Crippen molar-refractivity contribution in [1.82, 2.24) is 9.21 Å². The minimum atomic E-state index is -3.35. The minimum absolute atomic E-state index is 0.0949. The van der Waals surface area contributed by atoms with Crippen molar-refractivity contribution in [2.45, 2.75) is 32.2 Å². The maximum Gasteiger partial charge on any atom is 0.240 e. The van der Waals surface area contributed by atoms with E-state index in [0.717, 1.165) is 12.2 Å². The van der Waals surface area contributed by atoms with Crippen LogP contribution in [-0.2, 0) is 14.8 Å². The van der Waals surface area contributed by atoms with Gasteiger partial charge in [-0.2, -0.15) is 4.31 Å². The summed E-state index contributed by atoms with van der Waals surface area (Å²) in [5.74, 6) is 0.702. The number of hydrogen-bond acceptors (Lipinski definition) is 4. The second-order valence-electron chi connectivity index (χ2n) is 6.01. The summed E-state index contributed by atoms with van der Waals surface area (Å²) in [5.41, 5.74) is 0. The molecule has 1 aromatic carbocycles. The van der Waals surface area contributed by atoms with Gasteiger partial charge in [-0.1, -0.05) is 25.1 Å². The highest BCUT2D eigenvalue weighted by Gasteiger charge is 2.39. The maximum atomic E-state index is 12.6. The Labute approximate surface area is 144 Å². The molecule has 1 aromatic rings. The SMILES string of the molecule is CCCS(=O)(=O)N1CCCC1C(=O)N(C)CCOc1ccccc1. The molecular formula is C17H26N2O4S. The van der Waals surface area contributed by atoms with Crippen LogP contribution in [0.3, 0.4) is 0 Å². The Morgan fingerprint density at radius 1 is 1.33 bits per heavy atom. The summed E-state index contributed by atoms with van der Waals surface area (Å²) in [5, 5.41) is 0. The van der Waals surface area contributed by atoms with E-state index in [4.69, 9.17) is 4.74 Å². The number of sulfonamides is 1. The molecule has 1 aliphatic heterocycles. The molecule has 0 aromatic heterocycles. The van der Waals surface area contributed by atoms with Gasteiger partial charge in [0.15, 0.2) is 0 Å². The average Bonchev–Trinajstić information content (AvgIpc) is 3.05. The number of nitrogens with zero attached hydrogens (tertiary/aromatic N) is 2. The molecule has 134 valence electrons. The van der Waals surface area contributed by atoms with Crippen molar-refractivity contribution in [3.63, 3.8) is 0 Å². The maximum absolute atomic E-state index is 12.6. The van der Waals surface area contributed by atoms with E-state index in [1.807, 2.05) is 37.3 Å². The molecule has 2 rings (SSSR count). The zero-order valence-electron chi connectivity index (χ0n) is 14.3. The lowest BCUT2D eigenvalue weighted by Gasteiger charge is -2.27. The Kier molecular flexibility index (Phi) is 6.62. The Morgan fingerprint density at radius 3 is 2.71 bits per heavy atom. The van der Waals surface area contributed by atoms with E-state index in [1.165, 1.54) is 4.31 Å². The van der Waals surface area contributed by atoms with Crippen LogP contribution in [0.2, 0.25) is 0 Å². The average molecular weight is 354 g/mol. The molecule has 1 aliphatic rings. The standard InChI is InChI=1S/C17H26N2O4S/c1-3-14-24(21,22)19-11-7-10-16(19)17(20)18(2)12-13-23-15-8-5-4-6-9-15/h4-6,8-9,16H,3,7,10-14H2,1-2H3. The zero-order chi connectivity index (χ0) is 17.6. The van der Waals surface area contributed by atoms with Gasteiger partial charge in [0.2, 0.25) is 15.9 Å². The summed E-state index contributed by atoms with van der Waals surface area (Å²) >= 11 is 0. The number of hydrogen-bond donors (Lipinski definition) is 0. The van der Waals surface area contributed by atoms with E-state index >= 15 is 0 Å². The molecule has 0 bridgehead atoms. The van der Waals surface area contributed by atoms with Crippen LogP contribution in [0.5, 0.6) is 5.75 Å². The van der Waals surface area contributed by atoms with Gasteiger partial charge >= 0.3 is 0 Å². The fourth-order valence-corrected chi connectivity index (χ4v) is 4.62. The van der Waals surface area contributed by atoms with E-state index in [0.29, 0.717) is 32.5 Å². The monoisotopic (exact) mass is 354 g/mol. The quantitative estimate of drug-likeness (QED) is 0.713. The first-order valence-corrected chi connectivity index (χ1v) is 9.99. The number of likely N-dealkylation sites (N-methyl/N-ethyl adjacent to an activating group) is 1. The largest absolute Gasteiger partial charge is 0.492 e. The molecule has 1 saturated heterocycles. The number of benzene rings is 1. The van der Waals surface area contributed by atoms with E-state index in [2.05, 4.69) is 0 Å². The van der Waals surface area contributed by atoms with Crippen molar-refractivity contribution in [3.05, 3.63) is 30.3 Å². The lowest BCUT2D eigenvalue weighted by atomic mass is 10.2. The van der Waals surface area contributed by atoms with Crippen molar-refractivity contribution < 1.29 is 17.9 Å². The lowest BCUT2D eigenvalue weighted by molar-refractivity contribution is -0.133. The first-order chi connectivity index (χ1) is 11.5. The fraction of sp³-hybridized carbons (Fsp3) is 0.588. The molecule has 0 N–H and O–H groups in total. The van der Waals surface area contributed by atoms with Crippen molar-refractivity contribution in [2.75, 3.05) is 32.5 Å². The summed E-state index contributed by atoms with van der Waals surface area (Å²) in [7, 11) is -1.65. The third kappa shape index (κ3) is 4.70. The van der Waals surface area contributed by atoms with E-state index < -0.39 is 16.1 Å². The van der Waals surface area contributed by atoms with Gasteiger partial charge in [0.1, 0.15) is 18.4 Å². The number of carbonyl (C=O) groups is 1. The van der Waals surface area contributed by atoms with Gasteiger partial charge in [-0.25, -0.2) is 8.42 Å². The smallest absolute Gasteiger partial charge is 0.240 e. The molecule has 1 unspecified atom stereocenters. The summed E-state index contributed by atoms with van der Waals surface area (Å²) in [6.45, 7) is 3.07. The highest BCUT2D eigenvalue weighted by Crippen LogP contribution is 2.23. The van der Waals surface area contributed by atoms with E-state index in [9.17, 15) is 13.2 Å². The van der Waals surface area contributed by atoms with Crippen molar-refractivity contribution >= 4 is 15.9 Å². The Bertz CT molecular complexity index is 633. The molecule has 1 atom stereocenters. The van der Waals surface area contributed by atoms with Crippen LogP contribution in [0.1, 0.15) is 26.2 Å². The second kappa shape index (κ2) is 8.48. The second-order valence-corrected chi connectivity index (χ2v) is 8.05. The molecule has 1 heterocycles. The third-order valence-corrected chi connectivity index (χ3v) is 6.20. The normalized spacial score (nSPS) is 18.5. The van der Waals surface area contributed by atoms with Crippen LogP contribution < -0.4 is 4.74 Å². The zero-order valence-corrected chi connectivity index (χ0v) is 15.2. The molecule has 0 saturated carbocycles. The first kappa shape index (κ1) is 18.7. The predicted octanol–water partition coefficient (Wildman–Crippen LogP) is 1.73. The van der Waals surface area contributed by atoms with Gasteiger partial charge in [0.05, 0.1) is 12.3 Å². The summed E-state index contributed by atoms with van der Waals surface area (Å²) in [4.78, 5) is 14.2. The molecule has 7 heteroatoms. The summed E-state index contributed by atoms with van der Waals surface area (Å²) < 4.78 is 31.6. The molecular weight excluding hydrogens is 328 g/mol. The molecule has 6 nitrogen and oxygen atoms in total. The third-order valence-electron chi connectivity index (χ3n) is 4.12. The van der Waals surface area contributed by atoms with Gasteiger partial charge in [0, 0.05) is 13.6 Å². The Balaban J connectivity index is 1.89. The molecule has 0 radical (unpaired) electrons. The van der Waals surface area contributed by atoms with Crippen LogP contribution in [-0.4, -0.2) is 62.1 Å². The number of carbonyl (C=O) groups excluding carboxylic acids is 1. The molecule has 0 aliphatic carbocycles. The van der Waals surface area contributed by atoms with Crippen LogP contribution >= 0.6 is 0 Å². The Hall–Kier alpha value is -1.60. The highest BCUT2D eigenvalue weighted by atomic mass is 32.2. The summed E-state index contributed by atoms with van der Waals surface area (Å²) in [6, 6.07) is 8.84. The Morgan fingerprint density at radius 2 is 2.04 bits per heavy atom. The predicted molar refractivity (Wildman–Crippen MR) is 93.4 cm³/mol. The van der Waals surface area contributed by atoms with Crippen LogP contribution in [0, 0.1) is 0 Å². The number of amides is 1. The van der Waals surface area contributed by atoms with Crippen LogP contribution in [0.4, 0.5) is 0 Å². The van der Waals surface area contributed by atoms with Crippen molar-refractivity contribution in [2.24, 2.45) is 0 Å².